The van der Waals surface area contributed by atoms with Gasteiger partial charge in [0.15, 0.2) is 0 Å². The Morgan fingerprint density at radius 3 is 2.52 bits per heavy atom. The van der Waals surface area contributed by atoms with Gasteiger partial charge >= 0.3 is 5.97 Å². The molecular weight excluding hydrogens is 418 g/mol. The predicted molar refractivity (Wildman–Crippen MR) is 124 cm³/mol. The molecule has 0 aliphatic rings. The van der Waals surface area contributed by atoms with Gasteiger partial charge in [0.1, 0.15) is 23.2 Å². The zero-order valence-electron chi connectivity index (χ0n) is 18.8. The van der Waals surface area contributed by atoms with Gasteiger partial charge in [0.25, 0.3) is 0 Å². The number of rotatable bonds is 10. The van der Waals surface area contributed by atoms with Crippen LogP contribution < -0.4 is 4.74 Å². The van der Waals surface area contributed by atoms with Gasteiger partial charge in [-0.05, 0) is 62.2 Å². The van der Waals surface area contributed by atoms with Crippen molar-refractivity contribution in [3.63, 3.8) is 0 Å². The number of aromatic nitrogens is 1. The first kappa shape index (κ1) is 22.4. The van der Waals surface area contributed by atoms with Crippen LogP contribution in [0.25, 0.3) is 11.5 Å². The van der Waals surface area contributed by atoms with Crippen molar-refractivity contribution in [1.82, 2.24) is 4.98 Å². The largest absolute Gasteiger partial charge is 0.493 e. The molecule has 0 radical (unpaired) electrons. The number of hydrogen-bond donors (Lipinski definition) is 0. The molecule has 1 unspecified atom stereocenters. The molecule has 6 heteroatoms. The van der Waals surface area contributed by atoms with Gasteiger partial charge in [-0.3, -0.25) is 4.79 Å². The summed E-state index contributed by atoms with van der Waals surface area (Å²) >= 11 is 0. The van der Waals surface area contributed by atoms with Gasteiger partial charge in [-0.15, -0.1) is 0 Å². The molecule has 1 atom stereocenters. The topological polar surface area (TPSA) is 74.7 Å². The second-order valence-corrected chi connectivity index (χ2v) is 7.65. The Morgan fingerprint density at radius 2 is 1.82 bits per heavy atom. The lowest BCUT2D eigenvalue weighted by Gasteiger charge is -2.14. The summed E-state index contributed by atoms with van der Waals surface area (Å²) in [6.07, 6.45) is 2.71. The number of furan rings is 1. The van der Waals surface area contributed by atoms with E-state index in [-0.39, 0.29) is 5.97 Å². The monoisotopic (exact) mass is 445 g/mol. The highest BCUT2D eigenvalue weighted by Crippen LogP contribution is 2.25. The third kappa shape index (κ3) is 5.71. The summed E-state index contributed by atoms with van der Waals surface area (Å²) in [4.78, 5) is 17.0. The van der Waals surface area contributed by atoms with Crippen LogP contribution in [-0.4, -0.2) is 24.2 Å². The van der Waals surface area contributed by atoms with Gasteiger partial charge in [-0.1, -0.05) is 30.3 Å². The lowest BCUT2D eigenvalue weighted by molar-refractivity contribution is -0.145. The first-order valence-electron chi connectivity index (χ1n) is 11.1. The van der Waals surface area contributed by atoms with E-state index in [1.807, 2.05) is 61.5 Å². The Bertz CT molecular complexity index is 1150. The summed E-state index contributed by atoms with van der Waals surface area (Å²) in [6, 6.07) is 21.2. The van der Waals surface area contributed by atoms with Crippen LogP contribution in [0.1, 0.15) is 35.6 Å². The molecular formula is C27H27NO5. The van der Waals surface area contributed by atoms with E-state index < -0.39 is 5.92 Å². The molecule has 2 heterocycles. The Morgan fingerprint density at radius 1 is 1.03 bits per heavy atom. The van der Waals surface area contributed by atoms with Crippen molar-refractivity contribution in [2.24, 2.45) is 0 Å². The van der Waals surface area contributed by atoms with Crippen LogP contribution in [0.4, 0.5) is 0 Å². The second kappa shape index (κ2) is 10.7. The summed E-state index contributed by atoms with van der Waals surface area (Å²) in [5.74, 6) is 2.03. The molecule has 0 aliphatic carbocycles. The fourth-order valence-corrected chi connectivity index (χ4v) is 3.62. The number of hydrogen-bond acceptors (Lipinski definition) is 6. The Kier molecular flexibility index (Phi) is 7.25. The molecule has 2 aromatic carbocycles. The van der Waals surface area contributed by atoms with E-state index in [0.717, 1.165) is 28.3 Å². The Labute approximate surface area is 193 Å². The van der Waals surface area contributed by atoms with E-state index in [0.29, 0.717) is 37.7 Å². The molecule has 6 nitrogen and oxygen atoms in total. The fraction of sp³-hybridized carbons (Fsp3) is 0.259. The van der Waals surface area contributed by atoms with Crippen LogP contribution in [0.15, 0.2) is 81.8 Å². The maximum atomic E-state index is 12.4. The van der Waals surface area contributed by atoms with Crippen molar-refractivity contribution in [3.8, 4) is 17.2 Å². The number of benzene rings is 2. The number of oxazole rings is 1. The van der Waals surface area contributed by atoms with E-state index in [2.05, 4.69) is 4.98 Å². The first-order chi connectivity index (χ1) is 16.1. The molecule has 0 aliphatic heterocycles. The minimum Gasteiger partial charge on any atom is -0.493 e. The maximum absolute atomic E-state index is 12.4. The van der Waals surface area contributed by atoms with E-state index in [4.69, 9.17) is 18.3 Å². The normalized spacial score (nSPS) is 11.8. The van der Waals surface area contributed by atoms with Crippen molar-refractivity contribution in [1.29, 1.82) is 0 Å². The van der Waals surface area contributed by atoms with E-state index in [1.54, 1.807) is 25.3 Å². The van der Waals surface area contributed by atoms with Crippen molar-refractivity contribution >= 4 is 5.97 Å². The van der Waals surface area contributed by atoms with Crippen molar-refractivity contribution in [2.75, 3.05) is 13.2 Å². The quantitative estimate of drug-likeness (QED) is 0.289. The lowest BCUT2D eigenvalue weighted by atomic mass is 9.97. The minimum atomic E-state index is -0.472. The highest BCUT2D eigenvalue weighted by Gasteiger charge is 2.25. The average molecular weight is 446 g/mol. The molecule has 0 N–H and O–H groups in total. The van der Waals surface area contributed by atoms with Gasteiger partial charge in [0, 0.05) is 12.0 Å². The lowest BCUT2D eigenvalue weighted by Crippen LogP contribution is -2.17. The highest BCUT2D eigenvalue weighted by molar-refractivity contribution is 5.77. The molecule has 170 valence electrons. The van der Waals surface area contributed by atoms with Crippen LogP contribution in [0, 0.1) is 6.92 Å². The van der Waals surface area contributed by atoms with Gasteiger partial charge in [-0.2, -0.15) is 0 Å². The van der Waals surface area contributed by atoms with E-state index >= 15 is 0 Å². The number of aryl methyl sites for hydroxylation is 1. The highest BCUT2D eigenvalue weighted by atomic mass is 16.5. The van der Waals surface area contributed by atoms with Crippen LogP contribution in [-0.2, 0) is 22.4 Å². The summed E-state index contributed by atoms with van der Waals surface area (Å²) in [6.45, 7) is 4.54. The number of esters is 1. The average Bonchev–Trinajstić information content (AvgIpc) is 3.49. The summed E-state index contributed by atoms with van der Waals surface area (Å²) in [5, 5.41) is 0. The molecule has 0 bridgehead atoms. The number of nitrogens with zero attached hydrogens (tertiary/aromatic N) is 1. The number of carbonyl (C=O) groups excluding carboxylic acids is 1. The first-order valence-corrected chi connectivity index (χ1v) is 11.1. The molecule has 0 saturated heterocycles. The third-order valence-electron chi connectivity index (χ3n) is 5.34. The fourth-order valence-electron chi connectivity index (χ4n) is 3.62. The molecule has 0 fully saturated rings. The van der Waals surface area contributed by atoms with Crippen LogP contribution >= 0.6 is 0 Å². The number of carbonyl (C=O) groups is 1. The van der Waals surface area contributed by atoms with Crippen molar-refractivity contribution in [2.45, 2.75) is 32.6 Å². The van der Waals surface area contributed by atoms with E-state index in [1.165, 1.54) is 0 Å². The zero-order valence-corrected chi connectivity index (χ0v) is 18.8. The summed E-state index contributed by atoms with van der Waals surface area (Å²) in [5.41, 5.74) is 2.84. The molecule has 0 amide bonds. The molecule has 33 heavy (non-hydrogen) atoms. The predicted octanol–water partition coefficient (Wildman–Crippen LogP) is 5.75. The number of ether oxygens (including phenoxy) is 2. The molecule has 0 spiro atoms. The van der Waals surface area contributed by atoms with Gasteiger partial charge in [0.05, 0.1) is 25.2 Å². The van der Waals surface area contributed by atoms with Gasteiger partial charge in [-0.25, -0.2) is 4.98 Å². The molecule has 4 rings (SSSR count). The van der Waals surface area contributed by atoms with Crippen molar-refractivity contribution in [3.05, 3.63) is 95.8 Å². The maximum Gasteiger partial charge on any atom is 0.316 e. The molecule has 0 saturated carbocycles. The molecule has 2 aromatic heterocycles. The third-order valence-corrected chi connectivity index (χ3v) is 5.34. The SMILES string of the molecule is CCOC(=O)C(Cc1ccc(OCCc2nc(-c3ccccc3)oc2C)cc1)c1ccco1. The smallest absolute Gasteiger partial charge is 0.316 e. The summed E-state index contributed by atoms with van der Waals surface area (Å²) < 4.78 is 22.4. The van der Waals surface area contributed by atoms with Crippen LogP contribution in [0.2, 0.25) is 0 Å². The van der Waals surface area contributed by atoms with Crippen molar-refractivity contribution < 1.29 is 23.1 Å². The zero-order chi connectivity index (χ0) is 23.0. The second-order valence-electron chi connectivity index (χ2n) is 7.65. The minimum absolute atomic E-state index is 0.286. The van der Waals surface area contributed by atoms with E-state index in [9.17, 15) is 4.79 Å². The van der Waals surface area contributed by atoms with Crippen LogP contribution in [0.3, 0.4) is 0 Å². The van der Waals surface area contributed by atoms with Gasteiger partial charge < -0.3 is 18.3 Å². The van der Waals surface area contributed by atoms with Crippen LogP contribution in [0.5, 0.6) is 5.75 Å². The summed E-state index contributed by atoms with van der Waals surface area (Å²) in [7, 11) is 0. The Hall–Kier alpha value is -3.80. The molecule has 4 aromatic rings. The van der Waals surface area contributed by atoms with Gasteiger partial charge in [0.2, 0.25) is 5.89 Å². The Balaban J connectivity index is 1.33. The standard InChI is InChI=1S/C27H27NO5/c1-3-30-27(29)23(25-10-7-16-32-25)18-20-11-13-22(14-12-20)31-17-15-24-19(2)33-26(28-24)21-8-5-4-6-9-21/h4-14,16,23H,3,15,17-18H2,1-2H3.